The summed E-state index contributed by atoms with van der Waals surface area (Å²) in [5, 5.41) is 5.73. The maximum atomic E-state index is 12.2. The number of amides is 2. The van der Waals surface area contributed by atoms with Crippen LogP contribution >= 0.6 is 0 Å². The van der Waals surface area contributed by atoms with Crippen LogP contribution in [0.25, 0.3) is 0 Å². The Labute approximate surface area is 136 Å². The van der Waals surface area contributed by atoms with Crippen molar-refractivity contribution in [2.75, 3.05) is 5.32 Å². The Morgan fingerprint density at radius 3 is 2.41 bits per heavy atom. The predicted octanol–water partition coefficient (Wildman–Crippen LogP) is 3.90. The Bertz CT molecular complexity index is 536. The van der Waals surface area contributed by atoms with E-state index in [1.54, 1.807) is 0 Å². The van der Waals surface area contributed by atoms with Crippen molar-refractivity contribution >= 4 is 22.5 Å². The zero-order chi connectivity index (χ0) is 16.9. The van der Waals surface area contributed by atoms with Crippen LogP contribution in [0.1, 0.15) is 47.1 Å². The minimum Gasteiger partial charge on any atom is -0.335 e. The molecule has 2 N–H and O–H groups in total. The van der Waals surface area contributed by atoms with Crippen molar-refractivity contribution in [3.8, 4) is 0 Å². The zero-order valence-corrected chi connectivity index (χ0v) is 15.2. The van der Waals surface area contributed by atoms with Gasteiger partial charge in [-0.3, -0.25) is 4.21 Å². The average molecular weight is 324 g/mol. The quantitative estimate of drug-likeness (QED) is 0.863. The van der Waals surface area contributed by atoms with Gasteiger partial charge in [0.25, 0.3) is 0 Å². The molecule has 0 saturated carbocycles. The van der Waals surface area contributed by atoms with E-state index in [0.717, 1.165) is 11.3 Å². The predicted molar refractivity (Wildman–Crippen MR) is 94.5 cm³/mol. The number of nitrogens with one attached hydrogen (secondary N) is 2. The molecule has 1 rings (SSSR count). The zero-order valence-electron chi connectivity index (χ0n) is 14.4. The Hall–Kier alpha value is -1.36. The Morgan fingerprint density at radius 1 is 1.23 bits per heavy atom. The lowest BCUT2D eigenvalue weighted by Crippen LogP contribution is -2.39. The van der Waals surface area contributed by atoms with E-state index in [1.807, 2.05) is 52.0 Å². The summed E-state index contributed by atoms with van der Waals surface area (Å²) in [5.41, 5.74) is 1.68. The van der Waals surface area contributed by atoms with Gasteiger partial charge in [-0.05, 0) is 51.3 Å². The third kappa shape index (κ3) is 6.18. The highest BCUT2D eigenvalue weighted by atomic mass is 32.2. The van der Waals surface area contributed by atoms with E-state index in [2.05, 4.69) is 24.5 Å². The fourth-order valence-electron chi connectivity index (χ4n) is 1.65. The van der Waals surface area contributed by atoms with Gasteiger partial charge in [-0.1, -0.05) is 26.0 Å². The monoisotopic (exact) mass is 324 g/mol. The summed E-state index contributed by atoms with van der Waals surface area (Å²) in [6, 6.07) is 7.42. The minimum atomic E-state index is -0.953. The number of urea groups is 1. The van der Waals surface area contributed by atoms with Gasteiger partial charge in [-0.2, -0.15) is 0 Å². The van der Waals surface area contributed by atoms with Crippen LogP contribution in [0.5, 0.6) is 0 Å². The summed E-state index contributed by atoms with van der Waals surface area (Å²) in [6.07, 6.45) is 0. The first-order valence-corrected chi connectivity index (χ1v) is 8.96. The second kappa shape index (κ2) is 7.77. The van der Waals surface area contributed by atoms with E-state index in [0.29, 0.717) is 11.7 Å². The lowest BCUT2D eigenvalue weighted by molar-refractivity contribution is 0.246. The number of benzene rings is 1. The number of hydrogen-bond donors (Lipinski definition) is 2. The third-order valence-corrected chi connectivity index (χ3v) is 5.49. The molecule has 4 nitrogen and oxygen atoms in total. The molecule has 2 amide bonds. The molecule has 1 aromatic rings. The first-order chi connectivity index (χ1) is 10.1. The van der Waals surface area contributed by atoms with Crippen LogP contribution in [0.2, 0.25) is 0 Å². The third-order valence-electron chi connectivity index (χ3n) is 3.52. The normalized spacial score (nSPS) is 14.5. The lowest BCUT2D eigenvalue weighted by Gasteiger charge is -2.19. The fraction of sp³-hybridized carbons (Fsp3) is 0.588. The van der Waals surface area contributed by atoms with E-state index in [1.165, 1.54) is 0 Å². The van der Waals surface area contributed by atoms with E-state index in [9.17, 15) is 9.00 Å². The van der Waals surface area contributed by atoms with Crippen molar-refractivity contribution in [1.29, 1.82) is 0 Å². The lowest BCUT2D eigenvalue weighted by atomic mass is 10.1. The maximum absolute atomic E-state index is 12.2. The summed E-state index contributed by atoms with van der Waals surface area (Å²) in [6.45, 7) is 12.0. The second-order valence-electron chi connectivity index (χ2n) is 6.93. The van der Waals surface area contributed by atoms with Gasteiger partial charge in [-0.15, -0.1) is 0 Å². The Kier molecular flexibility index (Phi) is 6.60. The van der Waals surface area contributed by atoms with Gasteiger partial charge in [0.05, 0.1) is 0 Å². The molecule has 124 valence electrons. The molecular formula is C17H28N2O2S. The van der Waals surface area contributed by atoms with Gasteiger partial charge in [0.15, 0.2) is 0 Å². The molecule has 1 aromatic carbocycles. The molecule has 2 unspecified atom stereocenters. The van der Waals surface area contributed by atoms with Crippen LogP contribution < -0.4 is 10.6 Å². The van der Waals surface area contributed by atoms with Gasteiger partial charge in [-0.25, -0.2) is 4.79 Å². The van der Waals surface area contributed by atoms with Gasteiger partial charge in [0, 0.05) is 33.0 Å². The molecule has 0 aliphatic carbocycles. The van der Waals surface area contributed by atoms with Crippen LogP contribution in [0.15, 0.2) is 24.3 Å². The maximum Gasteiger partial charge on any atom is 0.319 e. The summed E-state index contributed by atoms with van der Waals surface area (Å²) in [7, 11) is -0.953. The van der Waals surface area contributed by atoms with Gasteiger partial charge >= 0.3 is 6.03 Å². The largest absolute Gasteiger partial charge is 0.335 e. The first kappa shape index (κ1) is 18.7. The van der Waals surface area contributed by atoms with Crippen LogP contribution in [-0.2, 0) is 16.6 Å². The first-order valence-electron chi connectivity index (χ1n) is 7.64. The number of rotatable bonds is 5. The molecule has 0 aliphatic heterocycles. The molecule has 0 spiro atoms. The number of carbonyl (C=O) groups excluding carboxylic acids is 1. The second-order valence-corrected chi connectivity index (χ2v) is 9.14. The summed E-state index contributed by atoms with van der Waals surface area (Å²) < 4.78 is 12.0. The van der Waals surface area contributed by atoms with E-state index in [-0.39, 0.29) is 16.8 Å². The van der Waals surface area contributed by atoms with Crippen LogP contribution in [0.4, 0.5) is 10.5 Å². The standard InChI is InChI=1S/C17H28N2O2S/c1-12(2)13(3)18-16(20)19-15-9-7-8-14(10-15)11-22(21)17(4,5)6/h7-10,12-13H,11H2,1-6H3,(H2,18,19,20). The van der Waals surface area contributed by atoms with Crippen molar-refractivity contribution in [2.24, 2.45) is 5.92 Å². The topological polar surface area (TPSA) is 58.2 Å². The van der Waals surface area contributed by atoms with E-state index in [4.69, 9.17) is 0 Å². The Balaban J connectivity index is 2.68. The molecule has 0 bridgehead atoms. The van der Waals surface area contributed by atoms with Crippen LogP contribution in [0.3, 0.4) is 0 Å². The molecule has 2 atom stereocenters. The fourth-order valence-corrected chi connectivity index (χ4v) is 2.56. The van der Waals surface area contributed by atoms with Crippen molar-refractivity contribution in [3.63, 3.8) is 0 Å². The molecule has 0 radical (unpaired) electrons. The summed E-state index contributed by atoms with van der Waals surface area (Å²) in [4.78, 5) is 11.9. The van der Waals surface area contributed by atoms with Gasteiger partial charge in [0.1, 0.15) is 0 Å². The molecule has 0 saturated heterocycles. The molecule has 0 heterocycles. The van der Waals surface area contributed by atoms with Gasteiger partial charge < -0.3 is 10.6 Å². The van der Waals surface area contributed by atoms with Crippen LogP contribution in [-0.4, -0.2) is 21.0 Å². The molecule has 5 heteroatoms. The van der Waals surface area contributed by atoms with E-state index < -0.39 is 10.8 Å². The van der Waals surface area contributed by atoms with Gasteiger partial charge in [0.2, 0.25) is 0 Å². The van der Waals surface area contributed by atoms with Crippen LogP contribution in [0, 0.1) is 5.92 Å². The number of carbonyl (C=O) groups is 1. The average Bonchev–Trinajstić information content (AvgIpc) is 2.37. The summed E-state index contributed by atoms with van der Waals surface area (Å²) in [5.74, 6) is 0.870. The van der Waals surface area contributed by atoms with Crippen molar-refractivity contribution in [2.45, 2.75) is 58.1 Å². The van der Waals surface area contributed by atoms with E-state index >= 15 is 0 Å². The molecule has 22 heavy (non-hydrogen) atoms. The Morgan fingerprint density at radius 2 is 1.86 bits per heavy atom. The van der Waals surface area contributed by atoms with Crippen molar-refractivity contribution < 1.29 is 9.00 Å². The minimum absolute atomic E-state index is 0.108. The SMILES string of the molecule is CC(C)C(C)NC(=O)Nc1cccc(CS(=O)C(C)(C)C)c1. The molecule has 0 fully saturated rings. The molecular weight excluding hydrogens is 296 g/mol. The highest BCUT2D eigenvalue weighted by molar-refractivity contribution is 7.85. The molecule has 0 aliphatic rings. The number of hydrogen-bond acceptors (Lipinski definition) is 2. The highest BCUT2D eigenvalue weighted by Crippen LogP contribution is 2.18. The number of anilines is 1. The smallest absolute Gasteiger partial charge is 0.319 e. The van der Waals surface area contributed by atoms with Crippen molar-refractivity contribution in [1.82, 2.24) is 5.32 Å². The van der Waals surface area contributed by atoms with Crippen molar-refractivity contribution in [3.05, 3.63) is 29.8 Å². The highest BCUT2D eigenvalue weighted by Gasteiger charge is 2.19. The summed E-state index contributed by atoms with van der Waals surface area (Å²) >= 11 is 0. The molecule has 0 aromatic heterocycles.